The molecule has 0 saturated heterocycles. The summed E-state index contributed by atoms with van der Waals surface area (Å²) in [5.74, 6) is 0.788. The van der Waals surface area contributed by atoms with Gasteiger partial charge >= 0.3 is 0 Å². The number of hydrogen-bond donors (Lipinski definition) is 2. The van der Waals surface area contributed by atoms with Crippen LogP contribution in [-0.2, 0) is 7.05 Å². The second kappa shape index (κ2) is 5.44. The van der Waals surface area contributed by atoms with Crippen LogP contribution < -0.4 is 5.73 Å². The monoisotopic (exact) mass is 390 g/mol. The predicted molar refractivity (Wildman–Crippen MR) is 95.1 cm³/mol. The zero-order valence-corrected chi connectivity index (χ0v) is 13.7. The molecule has 4 heteroatoms. The number of anilines is 1. The summed E-state index contributed by atoms with van der Waals surface area (Å²) in [5.41, 5.74) is 9.52. The van der Waals surface area contributed by atoms with Crippen molar-refractivity contribution in [1.82, 2.24) is 4.57 Å². The average Bonchev–Trinajstić information content (AvgIpc) is 2.70. The van der Waals surface area contributed by atoms with Gasteiger partial charge in [-0.15, -0.1) is 0 Å². The van der Waals surface area contributed by atoms with Crippen molar-refractivity contribution in [2.24, 2.45) is 7.05 Å². The van der Waals surface area contributed by atoms with Crippen molar-refractivity contribution in [1.29, 1.82) is 0 Å². The fourth-order valence-corrected chi connectivity index (χ4v) is 3.08. The molecule has 0 aliphatic rings. The summed E-state index contributed by atoms with van der Waals surface area (Å²) in [6, 6.07) is 17.7. The van der Waals surface area contributed by atoms with Crippen molar-refractivity contribution < 1.29 is 5.11 Å². The summed E-state index contributed by atoms with van der Waals surface area (Å²) in [6.45, 7) is 0. The third kappa shape index (κ3) is 2.40. The molecule has 1 heterocycles. The standard InChI is InChI=1S/C17H15IN2O/c1-20-15(11-6-3-2-4-7-11)16(21)14(17(20)19)12-8-5-9-13(18)10-12/h2-10,21H,19H2,1H3. The van der Waals surface area contributed by atoms with Crippen molar-refractivity contribution in [3.63, 3.8) is 0 Å². The normalized spacial score (nSPS) is 10.8. The Morgan fingerprint density at radius 3 is 2.33 bits per heavy atom. The van der Waals surface area contributed by atoms with Gasteiger partial charge in [-0.3, -0.25) is 0 Å². The first kappa shape index (κ1) is 14.0. The maximum atomic E-state index is 10.7. The van der Waals surface area contributed by atoms with Gasteiger partial charge in [0.05, 0.1) is 11.3 Å². The van der Waals surface area contributed by atoms with Crippen LogP contribution >= 0.6 is 22.6 Å². The van der Waals surface area contributed by atoms with Crippen LogP contribution in [-0.4, -0.2) is 9.67 Å². The number of halogens is 1. The lowest BCUT2D eigenvalue weighted by Gasteiger charge is -2.04. The van der Waals surface area contributed by atoms with Crippen LogP contribution in [0.3, 0.4) is 0 Å². The molecule has 0 aliphatic heterocycles. The summed E-state index contributed by atoms with van der Waals surface area (Å²) < 4.78 is 2.94. The Kier molecular flexibility index (Phi) is 3.63. The van der Waals surface area contributed by atoms with Crippen LogP contribution in [0.1, 0.15) is 0 Å². The maximum absolute atomic E-state index is 10.7. The van der Waals surface area contributed by atoms with Crippen LogP contribution in [0.5, 0.6) is 5.75 Å². The topological polar surface area (TPSA) is 51.2 Å². The Morgan fingerprint density at radius 2 is 1.67 bits per heavy atom. The van der Waals surface area contributed by atoms with Crippen LogP contribution in [0, 0.1) is 3.57 Å². The van der Waals surface area contributed by atoms with E-state index >= 15 is 0 Å². The van der Waals surface area contributed by atoms with E-state index < -0.39 is 0 Å². The second-order valence-corrected chi connectivity index (χ2v) is 6.14. The van der Waals surface area contributed by atoms with Crippen molar-refractivity contribution in [3.05, 3.63) is 58.2 Å². The zero-order valence-electron chi connectivity index (χ0n) is 11.5. The number of aromatic nitrogens is 1. The van der Waals surface area contributed by atoms with Crippen LogP contribution in [0.4, 0.5) is 5.82 Å². The molecule has 3 rings (SSSR count). The molecule has 0 bridgehead atoms. The summed E-state index contributed by atoms with van der Waals surface area (Å²) in [4.78, 5) is 0. The van der Waals surface area contributed by atoms with E-state index in [-0.39, 0.29) is 5.75 Å². The lowest BCUT2D eigenvalue weighted by Crippen LogP contribution is -1.98. The van der Waals surface area contributed by atoms with E-state index in [4.69, 9.17) is 5.73 Å². The lowest BCUT2D eigenvalue weighted by atomic mass is 10.1. The van der Waals surface area contributed by atoms with Gasteiger partial charge in [-0.2, -0.15) is 0 Å². The Bertz CT molecular complexity index is 794. The molecule has 0 radical (unpaired) electrons. The number of benzene rings is 2. The van der Waals surface area contributed by atoms with E-state index in [9.17, 15) is 5.11 Å². The van der Waals surface area contributed by atoms with Crippen molar-refractivity contribution in [3.8, 4) is 28.1 Å². The number of nitrogens with zero attached hydrogens (tertiary/aromatic N) is 1. The van der Waals surface area contributed by atoms with Crippen molar-refractivity contribution in [2.75, 3.05) is 5.73 Å². The smallest absolute Gasteiger partial charge is 0.151 e. The highest BCUT2D eigenvalue weighted by Gasteiger charge is 2.21. The molecular formula is C17H15IN2O. The highest BCUT2D eigenvalue weighted by atomic mass is 127. The molecule has 0 aliphatic carbocycles. The molecule has 0 spiro atoms. The SMILES string of the molecule is Cn1c(N)c(-c2cccc(I)c2)c(O)c1-c1ccccc1. The van der Waals surface area contributed by atoms with Gasteiger partial charge in [0.25, 0.3) is 0 Å². The number of aromatic hydroxyl groups is 1. The molecule has 3 aromatic rings. The molecule has 3 N–H and O–H groups in total. The summed E-state index contributed by atoms with van der Waals surface area (Å²) in [6.07, 6.45) is 0. The molecule has 1 aromatic heterocycles. The molecule has 0 atom stereocenters. The van der Waals surface area contributed by atoms with Gasteiger partial charge in [0, 0.05) is 16.2 Å². The zero-order chi connectivity index (χ0) is 15.0. The van der Waals surface area contributed by atoms with Crippen LogP contribution in [0.2, 0.25) is 0 Å². The number of nitrogen functional groups attached to an aromatic ring is 1. The molecule has 3 nitrogen and oxygen atoms in total. The Hall–Kier alpha value is -1.95. The Balaban J connectivity index is 2.25. The second-order valence-electron chi connectivity index (χ2n) is 4.89. The molecule has 0 unspecified atom stereocenters. The number of nitrogens with two attached hydrogens (primary N) is 1. The Morgan fingerprint density at radius 1 is 1.00 bits per heavy atom. The molecule has 0 fully saturated rings. The maximum Gasteiger partial charge on any atom is 0.151 e. The van der Waals surface area contributed by atoms with E-state index in [1.54, 1.807) is 0 Å². The third-order valence-electron chi connectivity index (χ3n) is 3.57. The van der Waals surface area contributed by atoms with E-state index in [0.29, 0.717) is 11.4 Å². The fourth-order valence-electron chi connectivity index (χ4n) is 2.54. The number of hydrogen-bond acceptors (Lipinski definition) is 2. The van der Waals surface area contributed by atoms with E-state index in [1.807, 2.05) is 66.2 Å². The minimum absolute atomic E-state index is 0.225. The first-order chi connectivity index (χ1) is 10.1. The van der Waals surface area contributed by atoms with Gasteiger partial charge in [0.1, 0.15) is 5.82 Å². The van der Waals surface area contributed by atoms with E-state index in [2.05, 4.69) is 22.6 Å². The Labute approximate surface area is 137 Å². The summed E-state index contributed by atoms with van der Waals surface area (Å²) >= 11 is 2.25. The highest BCUT2D eigenvalue weighted by molar-refractivity contribution is 14.1. The molecule has 0 saturated carbocycles. The predicted octanol–water partition coefficient (Wildman–Crippen LogP) is 4.25. The molecule has 2 aromatic carbocycles. The van der Waals surface area contributed by atoms with Crippen molar-refractivity contribution in [2.45, 2.75) is 0 Å². The number of rotatable bonds is 2. The molecule has 0 amide bonds. The first-order valence-electron chi connectivity index (χ1n) is 6.58. The van der Waals surface area contributed by atoms with Gasteiger partial charge in [-0.25, -0.2) is 0 Å². The van der Waals surface area contributed by atoms with Crippen LogP contribution in [0.15, 0.2) is 54.6 Å². The first-order valence-corrected chi connectivity index (χ1v) is 7.66. The highest BCUT2D eigenvalue weighted by Crippen LogP contribution is 2.44. The van der Waals surface area contributed by atoms with Gasteiger partial charge in [-0.05, 0) is 40.3 Å². The van der Waals surface area contributed by atoms with Gasteiger partial charge in [0.15, 0.2) is 5.75 Å². The minimum atomic E-state index is 0.225. The molecular weight excluding hydrogens is 375 g/mol. The third-order valence-corrected chi connectivity index (χ3v) is 4.25. The molecule has 106 valence electrons. The van der Waals surface area contributed by atoms with Gasteiger partial charge in [-0.1, -0.05) is 42.5 Å². The quantitative estimate of drug-likeness (QED) is 0.643. The fraction of sp³-hybridized carbons (Fsp3) is 0.0588. The van der Waals surface area contributed by atoms with E-state index in [1.165, 1.54) is 0 Å². The van der Waals surface area contributed by atoms with Gasteiger partial charge in [0.2, 0.25) is 0 Å². The van der Waals surface area contributed by atoms with Crippen LogP contribution in [0.25, 0.3) is 22.4 Å². The summed E-state index contributed by atoms with van der Waals surface area (Å²) in [7, 11) is 1.87. The minimum Gasteiger partial charge on any atom is -0.505 e. The van der Waals surface area contributed by atoms with Crippen molar-refractivity contribution >= 4 is 28.4 Å². The summed E-state index contributed by atoms with van der Waals surface area (Å²) in [5, 5.41) is 10.7. The average molecular weight is 390 g/mol. The van der Waals surface area contributed by atoms with Gasteiger partial charge < -0.3 is 15.4 Å². The largest absolute Gasteiger partial charge is 0.505 e. The lowest BCUT2D eigenvalue weighted by molar-refractivity contribution is 0.479. The molecule has 21 heavy (non-hydrogen) atoms. The van der Waals surface area contributed by atoms with E-state index in [0.717, 1.165) is 20.4 Å².